The molecule has 2 aromatic rings. The number of benzene rings is 1. The molecule has 3 nitrogen and oxygen atoms in total. The van der Waals surface area contributed by atoms with Crippen LogP contribution in [0.25, 0.3) is 0 Å². The number of rotatable bonds is 5. The molecule has 1 aromatic carbocycles. The lowest BCUT2D eigenvalue weighted by molar-refractivity contribution is 0.340. The quantitative estimate of drug-likeness (QED) is 0.894. The topological polar surface area (TPSA) is 34.4 Å². The molecule has 0 radical (unpaired) electrons. The predicted molar refractivity (Wildman–Crippen MR) is 77.2 cm³/mol. The summed E-state index contributed by atoms with van der Waals surface area (Å²) in [6, 6.07) is 7.12. The van der Waals surface area contributed by atoms with E-state index in [0.29, 0.717) is 22.4 Å². The summed E-state index contributed by atoms with van der Waals surface area (Å²) in [4.78, 5) is 0. The maximum absolute atomic E-state index is 6.31. The Labute approximate surface area is 122 Å². The minimum Gasteiger partial charge on any atom is -0.492 e. The first kappa shape index (κ1) is 14.3. The van der Waals surface area contributed by atoms with Crippen LogP contribution in [-0.4, -0.2) is 13.7 Å². The highest BCUT2D eigenvalue weighted by molar-refractivity contribution is 6.34. The Morgan fingerprint density at radius 3 is 2.68 bits per heavy atom. The molecule has 2 rings (SSSR count). The molecule has 0 amide bonds. The second kappa shape index (κ2) is 6.33. The van der Waals surface area contributed by atoms with Crippen molar-refractivity contribution in [3.63, 3.8) is 0 Å². The molecule has 0 saturated heterocycles. The summed E-state index contributed by atoms with van der Waals surface area (Å²) in [5, 5.41) is 4.28. The SMILES string of the molecule is CCOc1cc(Cl)c(C(NC)c2ccco2)cc1Cl. The number of hydrogen-bond donors (Lipinski definition) is 1. The first-order chi connectivity index (χ1) is 9.17. The summed E-state index contributed by atoms with van der Waals surface area (Å²) in [6.07, 6.45) is 1.63. The molecule has 5 heteroatoms. The second-order valence-electron chi connectivity index (χ2n) is 3.97. The Morgan fingerprint density at radius 2 is 2.11 bits per heavy atom. The summed E-state index contributed by atoms with van der Waals surface area (Å²) >= 11 is 12.5. The van der Waals surface area contributed by atoms with E-state index in [1.807, 2.05) is 26.1 Å². The molecule has 0 aliphatic carbocycles. The molecule has 1 N–H and O–H groups in total. The largest absolute Gasteiger partial charge is 0.492 e. The van der Waals surface area contributed by atoms with Crippen molar-refractivity contribution in [1.29, 1.82) is 0 Å². The number of halogens is 2. The van der Waals surface area contributed by atoms with Gasteiger partial charge in [0, 0.05) is 11.1 Å². The van der Waals surface area contributed by atoms with Crippen molar-refractivity contribution in [2.24, 2.45) is 0 Å². The molecular formula is C14H15Cl2NO2. The lowest BCUT2D eigenvalue weighted by Gasteiger charge is -2.17. The van der Waals surface area contributed by atoms with E-state index in [1.54, 1.807) is 18.4 Å². The predicted octanol–water partition coefficient (Wildman–Crippen LogP) is 4.29. The lowest BCUT2D eigenvalue weighted by Crippen LogP contribution is -2.17. The van der Waals surface area contributed by atoms with Gasteiger partial charge in [-0.05, 0) is 37.7 Å². The fourth-order valence-electron chi connectivity index (χ4n) is 1.94. The van der Waals surface area contributed by atoms with Crippen LogP contribution < -0.4 is 10.1 Å². The second-order valence-corrected chi connectivity index (χ2v) is 4.79. The highest BCUT2D eigenvalue weighted by atomic mass is 35.5. The molecule has 102 valence electrons. The van der Waals surface area contributed by atoms with Crippen molar-refractivity contribution in [2.45, 2.75) is 13.0 Å². The lowest BCUT2D eigenvalue weighted by atomic mass is 10.0. The van der Waals surface area contributed by atoms with Gasteiger partial charge in [0.15, 0.2) is 0 Å². The molecule has 0 bridgehead atoms. The van der Waals surface area contributed by atoms with Crippen LogP contribution >= 0.6 is 23.2 Å². The minimum atomic E-state index is -0.143. The molecular weight excluding hydrogens is 285 g/mol. The standard InChI is InChI=1S/C14H15Cl2NO2/c1-3-18-13-8-10(15)9(7-11(13)16)14(17-2)12-5-4-6-19-12/h4-8,14,17H,3H2,1-2H3. The normalized spacial score (nSPS) is 12.4. The van der Waals surface area contributed by atoms with Crippen molar-refractivity contribution >= 4 is 23.2 Å². The van der Waals surface area contributed by atoms with Crippen LogP contribution in [0.1, 0.15) is 24.3 Å². The van der Waals surface area contributed by atoms with Gasteiger partial charge in [0.2, 0.25) is 0 Å². The van der Waals surface area contributed by atoms with Crippen molar-refractivity contribution in [2.75, 3.05) is 13.7 Å². The Hall–Kier alpha value is -1.16. The van der Waals surface area contributed by atoms with Gasteiger partial charge in [0.1, 0.15) is 11.5 Å². The fraction of sp³-hybridized carbons (Fsp3) is 0.286. The van der Waals surface area contributed by atoms with Gasteiger partial charge < -0.3 is 14.5 Å². The van der Waals surface area contributed by atoms with Gasteiger partial charge >= 0.3 is 0 Å². The third kappa shape index (κ3) is 3.06. The van der Waals surface area contributed by atoms with Gasteiger partial charge in [-0.2, -0.15) is 0 Å². The van der Waals surface area contributed by atoms with Gasteiger partial charge in [0.05, 0.1) is 23.9 Å². The Balaban J connectivity index is 2.41. The maximum atomic E-state index is 6.31. The van der Waals surface area contributed by atoms with E-state index in [9.17, 15) is 0 Å². The average Bonchev–Trinajstić information content (AvgIpc) is 2.90. The van der Waals surface area contributed by atoms with Crippen molar-refractivity contribution in [3.05, 3.63) is 51.9 Å². The molecule has 1 unspecified atom stereocenters. The molecule has 0 aliphatic rings. The molecule has 1 aromatic heterocycles. The van der Waals surface area contributed by atoms with Gasteiger partial charge in [-0.25, -0.2) is 0 Å². The van der Waals surface area contributed by atoms with E-state index >= 15 is 0 Å². The molecule has 0 spiro atoms. The van der Waals surface area contributed by atoms with Crippen molar-refractivity contribution in [3.8, 4) is 5.75 Å². The van der Waals surface area contributed by atoms with E-state index in [4.69, 9.17) is 32.4 Å². The number of nitrogens with one attached hydrogen (secondary N) is 1. The Kier molecular flexibility index (Phi) is 4.75. The van der Waals surface area contributed by atoms with Crippen LogP contribution in [0.2, 0.25) is 10.0 Å². The third-order valence-corrected chi connectivity index (χ3v) is 3.40. The number of furan rings is 1. The van der Waals surface area contributed by atoms with Crippen LogP contribution in [0.3, 0.4) is 0 Å². The van der Waals surface area contributed by atoms with Crippen LogP contribution in [0.5, 0.6) is 5.75 Å². The summed E-state index contributed by atoms with van der Waals surface area (Å²) in [7, 11) is 1.84. The molecule has 0 fully saturated rings. The minimum absolute atomic E-state index is 0.143. The summed E-state index contributed by atoms with van der Waals surface area (Å²) in [5.41, 5.74) is 0.854. The van der Waals surface area contributed by atoms with Crippen LogP contribution in [0, 0.1) is 0 Å². The Morgan fingerprint density at radius 1 is 1.32 bits per heavy atom. The summed E-state index contributed by atoms with van der Waals surface area (Å²) in [6.45, 7) is 2.44. The maximum Gasteiger partial charge on any atom is 0.139 e. The van der Waals surface area contributed by atoms with Crippen LogP contribution in [-0.2, 0) is 0 Å². The average molecular weight is 300 g/mol. The fourth-order valence-corrected chi connectivity index (χ4v) is 2.43. The number of ether oxygens (including phenoxy) is 1. The molecule has 0 saturated carbocycles. The monoisotopic (exact) mass is 299 g/mol. The van der Waals surface area contributed by atoms with E-state index in [0.717, 1.165) is 11.3 Å². The van der Waals surface area contributed by atoms with Crippen molar-refractivity contribution in [1.82, 2.24) is 5.32 Å². The summed E-state index contributed by atoms with van der Waals surface area (Å²) < 4.78 is 10.8. The van der Waals surface area contributed by atoms with Gasteiger partial charge in [-0.1, -0.05) is 23.2 Å². The zero-order valence-electron chi connectivity index (χ0n) is 10.7. The molecule has 1 atom stereocenters. The van der Waals surface area contributed by atoms with Gasteiger partial charge in [-0.3, -0.25) is 0 Å². The summed E-state index contributed by atoms with van der Waals surface area (Å²) in [5.74, 6) is 1.37. The smallest absolute Gasteiger partial charge is 0.139 e. The van der Waals surface area contributed by atoms with Crippen LogP contribution in [0.15, 0.2) is 34.9 Å². The van der Waals surface area contributed by atoms with E-state index in [-0.39, 0.29) is 6.04 Å². The highest BCUT2D eigenvalue weighted by Crippen LogP contribution is 2.36. The zero-order chi connectivity index (χ0) is 13.8. The molecule has 1 heterocycles. The van der Waals surface area contributed by atoms with Gasteiger partial charge in [-0.15, -0.1) is 0 Å². The van der Waals surface area contributed by atoms with Gasteiger partial charge in [0.25, 0.3) is 0 Å². The zero-order valence-corrected chi connectivity index (χ0v) is 12.3. The van der Waals surface area contributed by atoms with Crippen molar-refractivity contribution < 1.29 is 9.15 Å². The number of hydrogen-bond acceptors (Lipinski definition) is 3. The van der Waals surface area contributed by atoms with Crippen LogP contribution in [0.4, 0.5) is 0 Å². The highest BCUT2D eigenvalue weighted by Gasteiger charge is 2.19. The van der Waals surface area contributed by atoms with E-state index < -0.39 is 0 Å². The molecule has 19 heavy (non-hydrogen) atoms. The Bertz CT molecular complexity index is 541. The van der Waals surface area contributed by atoms with E-state index in [2.05, 4.69) is 5.32 Å². The first-order valence-corrected chi connectivity index (χ1v) is 6.75. The third-order valence-electron chi connectivity index (χ3n) is 2.78. The first-order valence-electron chi connectivity index (χ1n) is 5.99. The van der Waals surface area contributed by atoms with E-state index in [1.165, 1.54) is 0 Å². The molecule has 0 aliphatic heterocycles.